The first kappa shape index (κ1) is 26.1. The van der Waals surface area contributed by atoms with Crippen molar-refractivity contribution in [2.75, 3.05) is 0 Å². The van der Waals surface area contributed by atoms with Crippen LogP contribution in [0.2, 0.25) is 0 Å². The molecule has 4 heteroatoms. The summed E-state index contributed by atoms with van der Waals surface area (Å²) in [5.74, 6) is 2.46. The average molecular weight is 479 g/mol. The lowest BCUT2D eigenvalue weighted by Crippen LogP contribution is -2.04. The van der Waals surface area contributed by atoms with Gasteiger partial charge in [0.15, 0.2) is 0 Å². The van der Waals surface area contributed by atoms with Crippen molar-refractivity contribution in [3.8, 4) is 28.4 Å². The molecule has 0 saturated carbocycles. The van der Waals surface area contributed by atoms with Gasteiger partial charge in [-0.15, -0.1) is 0 Å². The van der Waals surface area contributed by atoms with Crippen LogP contribution in [0.25, 0.3) is 11.1 Å². The van der Waals surface area contributed by atoms with E-state index in [9.17, 15) is 5.11 Å². The van der Waals surface area contributed by atoms with Crippen molar-refractivity contribution in [2.24, 2.45) is 0 Å². The van der Waals surface area contributed by atoms with Crippen LogP contribution in [0.5, 0.6) is 17.2 Å². The van der Waals surface area contributed by atoms with Gasteiger partial charge in [-0.05, 0) is 98.4 Å². The zero-order valence-corrected chi connectivity index (χ0v) is 23.3. The number of aryl methyl sites for hydroxylation is 4. The third-order valence-corrected chi connectivity index (χ3v) is 7.39. The molecule has 0 aliphatic heterocycles. The number of hydrogen-bond acceptors (Lipinski definition) is 3. The fraction of sp³-hybridized carbons (Fsp3) is 0.400. The predicted octanol–water partition coefficient (Wildman–Crippen LogP) is 9.12. The molecule has 182 valence electrons. The molecule has 0 radical (unpaired) electrons. The van der Waals surface area contributed by atoms with Crippen LogP contribution in [-0.2, 0) is 0 Å². The van der Waals surface area contributed by atoms with Gasteiger partial charge in [0.25, 0.3) is 9.03 Å². The van der Waals surface area contributed by atoms with Gasteiger partial charge >= 0.3 is 0 Å². The topological polar surface area (TPSA) is 38.7 Å². The van der Waals surface area contributed by atoms with Crippen LogP contribution in [-0.4, -0.2) is 5.11 Å². The van der Waals surface area contributed by atoms with Crippen LogP contribution in [0.3, 0.4) is 0 Å². The summed E-state index contributed by atoms with van der Waals surface area (Å²) in [7, 11) is -0.194. The van der Waals surface area contributed by atoms with E-state index >= 15 is 0 Å². The summed E-state index contributed by atoms with van der Waals surface area (Å²) in [6, 6.07) is 10.5. The molecule has 1 N–H and O–H groups in total. The first-order valence-corrected chi connectivity index (χ1v) is 12.9. The summed E-state index contributed by atoms with van der Waals surface area (Å²) in [5.41, 5.74) is 10.8. The lowest BCUT2D eigenvalue weighted by atomic mass is 9.84. The van der Waals surface area contributed by atoms with Crippen LogP contribution in [0.15, 0.2) is 30.3 Å². The summed E-state index contributed by atoms with van der Waals surface area (Å²) in [4.78, 5) is 0. The second kappa shape index (κ2) is 10.4. The molecule has 0 fully saturated rings. The van der Waals surface area contributed by atoms with E-state index in [1.165, 1.54) is 16.7 Å². The Kier molecular flexibility index (Phi) is 7.98. The Morgan fingerprint density at radius 3 is 1.79 bits per heavy atom. The maximum absolute atomic E-state index is 11.5. The zero-order chi connectivity index (χ0) is 25.3. The van der Waals surface area contributed by atoms with Gasteiger partial charge in [-0.3, -0.25) is 0 Å². The molecule has 0 spiro atoms. The van der Waals surface area contributed by atoms with Crippen molar-refractivity contribution in [3.05, 3.63) is 74.8 Å². The normalized spacial score (nSPS) is 11.8. The summed E-state index contributed by atoms with van der Waals surface area (Å²) >= 11 is 0. The minimum atomic E-state index is -0.194. The van der Waals surface area contributed by atoms with E-state index in [1.54, 1.807) is 0 Å². The number of aromatic hydroxyl groups is 1. The Labute approximate surface area is 207 Å². The highest BCUT2D eigenvalue weighted by molar-refractivity contribution is 7.27. The molecule has 0 aliphatic rings. The van der Waals surface area contributed by atoms with Crippen molar-refractivity contribution in [1.29, 1.82) is 0 Å². The van der Waals surface area contributed by atoms with Gasteiger partial charge in [0.05, 0.1) is 0 Å². The molecule has 3 aromatic carbocycles. The summed E-state index contributed by atoms with van der Waals surface area (Å²) in [5, 5.41) is 11.5. The number of benzene rings is 3. The van der Waals surface area contributed by atoms with Gasteiger partial charge in [-0.25, -0.2) is 0 Å². The van der Waals surface area contributed by atoms with Crippen LogP contribution in [0.4, 0.5) is 0 Å². The highest BCUT2D eigenvalue weighted by atomic mass is 31.1. The SMILES string of the molecule is Cc1ccc(OPOc2c(C(C)C)cc(C)c(C)c2-c2c(C)c(C)cc(C(C)C)c2O)c(C)c1. The molecular formula is C30H39O3P. The predicted molar refractivity (Wildman–Crippen MR) is 146 cm³/mol. The van der Waals surface area contributed by atoms with E-state index in [-0.39, 0.29) is 20.9 Å². The smallest absolute Gasteiger partial charge is 0.275 e. The fourth-order valence-corrected chi connectivity index (χ4v) is 5.12. The largest absolute Gasteiger partial charge is 0.507 e. The highest BCUT2D eigenvalue weighted by Crippen LogP contribution is 2.49. The van der Waals surface area contributed by atoms with Crippen LogP contribution >= 0.6 is 9.03 Å². The van der Waals surface area contributed by atoms with E-state index in [4.69, 9.17) is 9.05 Å². The lowest BCUT2D eigenvalue weighted by Gasteiger charge is -2.25. The second-order valence-electron chi connectivity index (χ2n) is 10.1. The van der Waals surface area contributed by atoms with Gasteiger partial charge in [-0.1, -0.05) is 57.5 Å². The van der Waals surface area contributed by atoms with E-state index in [2.05, 4.69) is 93.5 Å². The monoisotopic (exact) mass is 478 g/mol. The molecule has 0 bridgehead atoms. The molecule has 3 aromatic rings. The van der Waals surface area contributed by atoms with Crippen LogP contribution in [0.1, 0.15) is 84.0 Å². The van der Waals surface area contributed by atoms with Crippen molar-refractivity contribution in [3.63, 3.8) is 0 Å². The van der Waals surface area contributed by atoms with Crippen molar-refractivity contribution in [1.82, 2.24) is 0 Å². The molecule has 3 rings (SSSR count). The molecule has 1 unspecified atom stereocenters. The molecular weight excluding hydrogens is 439 g/mol. The Balaban J connectivity index is 2.18. The van der Waals surface area contributed by atoms with E-state index in [0.29, 0.717) is 5.75 Å². The fourth-order valence-electron chi connectivity index (χ4n) is 4.45. The molecule has 0 aliphatic carbocycles. The van der Waals surface area contributed by atoms with Crippen molar-refractivity contribution in [2.45, 2.75) is 81.1 Å². The summed E-state index contributed by atoms with van der Waals surface area (Å²) in [6.45, 7) is 21.2. The van der Waals surface area contributed by atoms with E-state index in [1.807, 2.05) is 6.07 Å². The molecule has 34 heavy (non-hydrogen) atoms. The van der Waals surface area contributed by atoms with Gasteiger partial charge in [-0.2, -0.15) is 0 Å². The Hall–Kier alpha value is -2.51. The zero-order valence-electron chi connectivity index (χ0n) is 22.3. The average Bonchev–Trinajstić information content (AvgIpc) is 2.75. The molecule has 0 aromatic heterocycles. The Morgan fingerprint density at radius 1 is 0.676 bits per heavy atom. The first-order chi connectivity index (χ1) is 15.9. The van der Waals surface area contributed by atoms with Crippen molar-refractivity contribution < 1.29 is 14.2 Å². The second-order valence-corrected chi connectivity index (χ2v) is 10.7. The minimum absolute atomic E-state index is 0.194. The maximum atomic E-state index is 11.5. The van der Waals surface area contributed by atoms with Gasteiger partial charge in [0.2, 0.25) is 0 Å². The minimum Gasteiger partial charge on any atom is -0.507 e. The maximum Gasteiger partial charge on any atom is 0.275 e. The van der Waals surface area contributed by atoms with E-state index < -0.39 is 0 Å². The first-order valence-electron chi connectivity index (χ1n) is 12.1. The number of phenolic OH excluding ortho intramolecular Hbond substituents is 1. The molecule has 3 nitrogen and oxygen atoms in total. The highest BCUT2D eigenvalue weighted by Gasteiger charge is 2.25. The van der Waals surface area contributed by atoms with Gasteiger partial charge < -0.3 is 14.2 Å². The van der Waals surface area contributed by atoms with Crippen molar-refractivity contribution >= 4 is 9.03 Å². The number of hydrogen-bond donors (Lipinski definition) is 1. The van der Waals surface area contributed by atoms with E-state index in [0.717, 1.165) is 50.4 Å². The molecule has 0 saturated heterocycles. The van der Waals surface area contributed by atoms with Crippen LogP contribution in [0, 0.1) is 41.5 Å². The molecule has 1 atom stereocenters. The standard InChI is InChI=1S/C30H39O3P/c1-16(2)24-14-19(6)22(9)27(29(24)31)28-23(10)20(7)15-25(17(3)4)30(28)33-34-32-26-12-11-18(5)13-21(26)8/h11-17,31,34H,1-10H3. The number of rotatable bonds is 7. The third kappa shape index (κ3) is 5.10. The number of phenols is 1. The third-order valence-electron chi connectivity index (χ3n) is 6.80. The van der Waals surface area contributed by atoms with Crippen LogP contribution < -0.4 is 9.05 Å². The quantitative estimate of drug-likeness (QED) is 0.344. The van der Waals surface area contributed by atoms with Gasteiger partial charge in [0, 0.05) is 11.1 Å². The molecule has 0 heterocycles. The Morgan fingerprint density at radius 2 is 1.24 bits per heavy atom. The summed E-state index contributed by atoms with van der Waals surface area (Å²) < 4.78 is 12.5. The molecule has 0 amide bonds. The summed E-state index contributed by atoms with van der Waals surface area (Å²) in [6.07, 6.45) is 0. The lowest BCUT2D eigenvalue weighted by molar-refractivity contribution is 0.465. The van der Waals surface area contributed by atoms with Gasteiger partial charge in [0.1, 0.15) is 17.2 Å². The Bertz CT molecular complexity index is 1210.